The van der Waals surface area contributed by atoms with Gasteiger partial charge in [0.25, 0.3) is 11.1 Å². The molecule has 13 aromatic rings. The molecule has 0 aliphatic rings. The van der Waals surface area contributed by atoms with Gasteiger partial charge in [-0.3, -0.25) is 9.59 Å². The predicted octanol–water partition coefficient (Wildman–Crippen LogP) is 31.0. The van der Waals surface area contributed by atoms with Crippen LogP contribution < -0.4 is 26.2 Å². The van der Waals surface area contributed by atoms with Crippen molar-refractivity contribution in [3.05, 3.63) is 376 Å². The second-order valence-corrected chi connectivity index (χ2v) is 36.8. The van der Waals surface area contributed by atoms with Gasteiger partial charge in [-0.05, 0) is 238 Å². The topological polar surface area (TPSA) is 132 Å². The van der Waals surface area contributed by atoms with Gasteiger partial charge in [0.15, 0.2) is 0 Å². The Morgan fingerprint density at radius 3 is 0.847 bits per heavy atom. The number of pyridine rings is 2. The highest BCUT2D eigenvalue weighted by molar-refractivity contribution is 9.10. The van der Waals surface area contributed by atoms with E-state index in [1.807, 2.05) is 98.8 Å². The Hall–Kier alpha value is -11.6. The normalized spacial score (nSPS) is 11.3. The number of halogens is 2. The first kappa shape index (κ1) is 93.6. The highest BCUT2D eigenvalue weighted by Gasteiger charge is 2.22. The van der Waals surface area contributed by atoms with E-state index in [2.05, 4.69) is 395 Å². The van der Waals surface area contributed by atoms with E-state index in [1.54, 1.807) is 18.2 Å². The molecule has 0 spiro atoms. The third-order valence-corrected chi connectivity index (χ3v) is 20.8. The smallest absolute Gasteiger partial charge is 0.266 e. The summed E-state index contributed by atoms with van der Waals surface area (Å²) < 4.78 is 2.00. The molecule has 9 nitrogen and oxygen atoms in total. The summed E-state index contributed by atoms with van der Waals surface area (Å²) in [5.41, 5.74) is 23.2. The van der Waals surface area contributed by atoms with Crippen LogP contribution in [0.15, 0.2) is 299 Å². The molecule has 0 radical (unpaired) electrons. The monoisotopic (exact) mass is 1690 g/mol. The maximum absolute atomic E-state index is 12.1. The van der Waals surface area contributed by atoms with E-state index >= 15 is 0 Å². The van der Waals surface area contributed by atoms with Crippen LogP contribution in [0.5, 0.6) is 0 Å². The van der Waals surface area contributed by atoms with Crippen molar-refractivity contribution in [2.75, 3.05) is 15.1 Å². The zero-order valence-corrected chi connectivity index (χ0v) is 75.2. The molecule has 11 aromatic carbocycles. The third kappa shape index (κ3) is 26.5. The van der Waals surface area contributed by atoms with Crippen LogP contribution in [-0.4, -0.2) is 9.97 Å². The van der Waals surface area contributed by atoms with Gasteiger partial charge in [-0.2, -0.15) is 10.5 Å². The number of hydrogen-bond donors (Lipinski definition) is 3. The minimum Gasteiger partial charge on any atom is -0.356 e. The average molecular weight is 1690 g/mol. The van der Waals surface area contributed by atoms with Crippen LogP contribution in [-0.2, 0) is 32.5 Å². The quantitative estimate of drug-likeness (QED) is 0.104. The van der Waals surface area contributed by atoms with Crippen molar-refractivity contribution in [2.45, 2.75) is 178 Å². The Morgan fingerprint density at radius 2 is 0.559 bits per heavy atom. The number of hydrogen-bond acceptors (Lipinski definition) is 7. The first-order valence-electron chi connectivity index (χ1n) is 39.9. The van der Waals surface area contributed by atoms with Gasteiger partial charge in [-0.1, -0.05) is 343 Å². The van der Waals surface area contributed by atoms with Crippen molar-refractivity contribution in [3.8, 4) is 12.1 Å². The summed E-state index contributed by atoms with van der Waals surface area (Å²) in [7, 11) is 0. The molecule has 2 aromatic heterocycles. The lowest BCUT2D eigenvalue weighted by Gasteiger charge is -2.28. The highest BCUT2D eigenvalue weighted by Crippen LogP contribution is 2.40. The molecule has 0 amide bonds. The molecule has 0 atom stereocenters. The van der Waals surface area contributed by atoms with Crippen LogP contribution in [0.25, 0.3) is 46.1 Å². The Balaban J connectivity index is 0.000000219. The summed E-state index contributed by atoms with van der Waals surface area (Å²) in [6.45, 7) is 51.8. The number of nitrogens with one attached hydrogen (secondary N) is 3. The van der Waals surface area contributed by atoms with Crippen LogP contribution >= 0.6 is 31.9 Å². The molecule has 0 fully saturated rings. The summed E-state index contributed by atoms with van der Waals surface area (Å²) in [5.74, 6) is 0. The van der Waals surface area contributed by atoms with E-state index in [1.165, 1.54) is 33.4 Å². The lowest BCUT2D eigenvalue weighted by molar-refractivity contribution is 0.590. The fraction of sp³-hybridized carbons (Fsp3) is 0.252. The molecule has 0 aliphatic carbocycles. The van der Waals surface area contributed by atoms with Crippen LogP contribution in [0.2, 0.25) is 0 Å². The second kappa shape index (κ2) is 41.0. The average Bonchev–Trinajstić information content (AvgIpc) is 0.798. The Morgan fingerprint density at radius 1 is 0.322 bits per heavy atom. The molecule has 3 N–H and O–H groups in total. The molecule has 0 saturated heterocycles. The SMILES string of the molecule is C.C=Cc1ccc(Br)cc1.C=Cc1ccc(N(c2ccc(C(C)(C)C)cc2)c2ccc(C(C)(C)C)cc2)cc1.CC.CC(C)(C)c1ccc(N(c2ccc(/C=C/c3ccc4cc(C#N)c(=O)[nH]c4c3)cc2)c2ccc(C(C)(C)C)cc2)cc1.CC(C)(C)c1ccc(Nc2ccc(C(C)(C)C)cc2)cc1.N#Cc1cc2ccc(Br)cc2[nH]c1=O. The number of rotatable bonds is 12. The zero-order chi connectivity index (χ0) is 85.8. The van der Waals surface area contributed by atoms with Crippen molar-refractivity contribution >= 4 is 123 Å². The van der Waals surface area contributed by atoms with Crippen molar-refractivity contribution in [2.24, 2.45) is 0 Å². The summed E-state index contributed by atoms with van der Waals surface area (Å²) in [6.07, 6.45) is 7.79. The maximum atomic E-state index is 12.1. The van der Waals surface area contributed by atoms with E-state index < -0.39 is 0 Å². The maximum Gasteiger partial charge on any atom is 0.266 e. The highest BCUT2D eigenvalue weighted by atomic mass is 79.9. The molecule has 608 valence electrons. The molecule has 13 rings (SSSR count). The number of fused-ring (bicyclic) bond motifs is 2. The number of H-pyrrole nitrogens is 2. The number of anilines is 8. The molecule has 0 aliphatic heterocycles. The van der Waals surface area contributed by atoms with Gasteiger partial charge in [0.1, 0.15) is 23.3 Å². The third-order valence-electron chi connectivity index (χ3n) is 19.8. The van der Waals surface area contributed by atoms with Crippen molar-refractivity contribution in [3.63, 3.8) is 0 Å². The van der Waals surface area contributed by atoms with E-state index in [4.69, 9.17) is 10.5 Å². The van der Waals surface area contributed by atoms with Crippen LogP contribution in [0.1, 0.15) is 213 Å². The fourth-order valence-electron chi connectivity index (χ4n) is 12.6. The molecule has 0 unspecified atom stereocenters. The molecule has 0 saturated carbocycles. The predicted molar refractivity (Wildman–Crippen MR) is 518 cm³/mol. The Bertz CT molecular complexity index is 5520. The van der Waals surface area contributed by atoms with Crippen LogP contribution in [0.4, 0.5) is 45.5 Å². The van der Waals surface area contributed by atoms with Crippen molar-refractivity contribution in [1.29, 1.82) is 10.5 Å². The second-order valence-electron chi connectivity index (χ2n) is 34.9. The number of benzene rings is 11. The zero-order valence-electron chi connectivity index (χ0n) is 72.0. The van der Waals surface area contributed by atoms with Crippen LogP contribution in [0, 0.1) is 22.7 Å². The van der Waals surface area contributed by atoms with E-state index in [9.17, 15) is 9.59 Å². The van der Waals surface area contributed by atoms with E-state index in [-0.39, 0.29) is 62.2 Å². The fourth-order valence-corrected chi connectivity index (χ4v) is 13.2. The summed E-state index contributed by atoms with van der Waals surface area (Å²) in [6, 6.07) is 96.4. The minimum absolute atomic E-state index is 0. The minimum atomic E-state index is -0.368. The number of aromatic amines is 2. The van der Waals surface area contributed by atoms with Gasteiger partial charge in [0.2, 0.25) is 0 Å². The summed E-state index contributed by atoms with van der Waals surface area (Å²) in [4.78, 5) is 33.4. The summed E-state index contributed by atoms with van der Waals surface area (Å²) in [5, 5.41) is 22.9. The van der Waals surface area contributed by atoms with E-state index in [0.29, 0.717) is 5.52 Å². The first-order valence-corrected chi connectivity index (χ1v) is 41.5. The van der Waals surface area contributed by atoms with Gasteiger partial charge in [0.05, 0.1) is 0 Å². The number of aromatic nitrogens is 2. The number of nitrogens with zero attached hydrogens (tertiary/aromatic N) is 4. The molecular weight excluding hydrogens is 1580 g/mol. The van der Waals surface area contributed by atoms with E-state index in [0.717, 1.165) is 93.0 Å². The van der Waals surface area contributed by atoms with Crippen molar-refractivity contribution in [1.82, 2.24) is 9.97 Å². The molecule has 2 heterocycles. The molecule has 118 heavy (non-hydrogen) atoms. The Labute approximate surface area is 720 Å². The molecular formula is C107H119Br2N7O2. The van der Waals surface area contributed by atoms with Gasteiger partial charge in [-0.15, -0.1) is 0 Å². The summed E-state index contributed by atoms with van der Waals surface area (Å²) >= 11 is 6.65. The van der Waals surface area contributed by atoms with Crippen LogP contribution in [0.3, 0.4) is 0 Å². The molecule has 0 bridgehead atoms. The van der Waals surface area contributed by atoms with Gasteiger partial charge in [-0.25, -0.2) is 0 Å². The lowest BCUT2D eigenvalue weighted by atomic mass is 9.86. The van der Waals surface area contributed by atoms with Crippen molar-refractivity contribution < 1.29 is 0 Å². The first-order chi connectivity index (χ1) is 55.2. The standard InChI is InChI=1S/C38H37N3O.C28H33N.C20H27N.C10H5BrN2O.C8H7Br.C2H6.CH4/c1-37(2,3)30-13-19-33(20-14-30)41(34-21-15-31(16-22-34)38(4,5)6)32-17-10-26(11-18-32)7-8-27-9-12-28-24-29(25-39)36(42)40-35(28)23-27;1-8-21-9-15-24(16-10-21)29(25-17-11-22(12-18-25)27(2,3)4)26-19-13-23(14-20-26)28(5,6)7;1-19(2,3)15-7-11-17(12-8-15)21-18-13-9-16(10-14-18)20(4,5)6;11-8-2-1-6-3-7(5-12)10(14)13-9(6)4-8;1-2-7-3-5-8(9)6-4-7;1-2;/h7-24H,1-6H3,(H,40,42);8-20H,1H2,2-7H3;7-14,21H,1-6H3;1-4H,(H,13,14);2-6H,1H2;1-2H3;1H4/b8-7+;;;;;;. The van der Waals surface area contributed by atoms with Gasteiger partial charge >= 0.3 is 0 Å². The Kier molecular flexibility index (Phi) is 32.5. The van der Waals surface area contributed by atoms with Gasteiger partial charge in [0, 0.05) is 65.5 Å². The largest absolute Gasteiger partial charge is 0.356 e. The van der Waals surface area contributed by atoms with Gasteiger partial charge < -0.3 is 25.1 Å². The molecule has 11 heteroatoms. The lowest BCUT2D eigenvalue weighted by Crippen LogP contribution is -2.14. The number of nitriles is 2.